The second kappa shape index (κ2) is 10.3. The normalized spacial score (nSPS) is 15.1. The van der Waals surface area contributed by atoms with E-state index < -0.39 is 5.95 Å². The Kier molecular flexibility index (Phi) is 7.01. The lowest BCUT2D eigenvalue weighted by Gasteiger charge is -2.35. The zero-order valence-corrected chi connectivity index (χ0v) is 18.6. The Balaban J connectivity index is 1.45. The number of hydrogen-bond donors (Lipinski definition) is 0. The average molecular weight is 452 g/mol. The first-order valence-electron chi connectivity index (χ1n) is 10.8. The molecule has 0 spiro atoms. The summed E-state index contributed by atoms with van der Waals surface area (Å²) in [7, 11) is 1.36. The number of methoxy groups -OCH3 is 1. The molecule has 1 aliphatic heterocycles. The van der Waals surface area contributed by atoms with Crippen LogP contribution in [0, 0.1) is 5.95 Å². The van der Waals surface area contributed by atoms with Gasteiger partial charge in [0.25, 0.3) is 0 Å². The van der Waals surface area contributed by atoms with Crippen LogP contribution in [0.5, 0.6) is 5.75 Å². The first-order valence-corrected chi connectivity index (χ1v) is 10.8. The van der Waals surface area contributed by atoms with E-state index in [9.17, 15) is 9.18 Å². The van der Waals surface area contributed by atoms with Gasteiger partial charge >= 0.3 is 5.97 Å². The standard InChI is InChI=1S/C23H25FN6O3/c1-15-17-14-27-23(22-25-8-5-9-26-22)28-18(17)7-10-30(15)20-13-16(12-19(24)29-20)33-11-4-3-6-21(31)32-2/h5,8-9,12-15H,3-4,6-7,10-11H2,1-2H3. The summed E-state index contributed by atoms with van der Waals surface area (Å²) in [6.07, 6.45) is 7.39. The van der Waals surface area contributed by atoms with Crippen LogP contribution in [0.4, 0.5) is 10.2 Å². The number of aromatic nitrogens is 5. The summed E-state index contributed by atoms with van der Waals surface area (Å²) in [5.74, 6) is 1.01. The maximum Gasteiger partial charge on any atom is 0.305 e. The second-order valence-electron chi connectivity index (χ2n) is 7.65. The lowest BCUT2D eigenvalue weighted by Crippen LogP contribution is -2.35. The zero-order valence-electron chi connectivity index (χ0n) is 18.6. The Morgan fingerprint density at radius 2 is 1.97 bits per heavy atom. The maximum absolute atomic E-state index is 14.3. The molecule has 10 heteroatoms. The van der Waals surface area contributed by atoms with Crippen LogP contribution in [-0.2, 0) is 16.0 Å². The highest BCUT2D eigenvalue weighted by Crippen LogP contribution is 2.33. The second-order valence-corrected chi connectivity index (χ2v) is 7.65. The van der Waals surface area contributed by atoms with Gasteiger partial charge < -0.3 is 14.4 Å². The Morgan fingerprint density at radius 1 is 1.15 bits per heavy atom. The van der Waals surface area contributed by atoms with Crippen molar-refractivity contribution in [2.75, 3.05) is 25.2 Å². The number of hydrogen-bond acceptors (Lipinski definition) is 9. The molecule has 9 nitrogen and oxygen atoms in total. The monoisotopic (exact) mass is 452 g/mol. The largest absolute Gasteiger partial charge is 0.493 e. The summed E-state index contributed by atoms with van der Waals surface area (Å²) < 4.78 is 24.6. The Bertz CT molecular complexity index is 1110. The summed E-state index contributed by atoms with van der Waals surface area (Å²) >= 11 is 0. The van der Waals surface area contributed by atoms with Crippen LogP contribution in [0.2, 0.25) is 0 Å². The number of pyridine rings is 1. The number of nitrogens with zero attached hydrogens (tertiary/aromatic N) is 6. The van der Waals surface area contributed by atoms with Gasteiger partial charge in [0.15, 0.2) is 11.6 Å². The number of halogens is 1. The molecule has 172 valence electrons. The summed E-state index contributed by atoms with van der Waals surface area (Å²) in [6, 6.07) is 4.65. The van der Waals surface area contributed by atoms with Gasteiger partial charge in [-0.3, -0.25) is 4.79 Å². The summed E-state index contributed by atoms with van der Waals surface area (Å²) in [6.45, 7) is 3.01. The molecule has 0 saturated carbocycles. The van der Waals surface area contributed by atoms with E-state index in [0.29, 0.717) is 62.1 Å². The number of rotatable bonds is 8. The smallest absolute Gasteiger partial charge is 0.305 e. The molecule has 0 bridgehead atoms. The van der Waals surface area contributed by atoms with Crippen molar-refractivity contribution < 1.29 is 18.7 Å². The van der Waals surface area contributed by atoms with Crippen molar-refractivity contribution in [1.82, 2.24) is 24.9 Å². The fourth-order valence-corrected chi connectivity index (χ4v) is 3.75. The van der Waals surface area contributed by atoms with E-state index >= 15 is 0 Å². The molecule has 1 atom stereocenters. The van der Waals surface area contributed by atoms with E-state index in [1.165, 1.54) is 13.2 Å². The van der Waals surface area contributed by atoms with Crippen LogP contribution in [0.1, 0.15) is 43.5 Å². The molecule has 1 aliphatic rings. The van der Waals surface area contributed by atoms with Crippen molar-refractivity contribution in [1.29, 1.82) is 0 Å². The molecular weight excluding hydrogens is 427 g/mol. The van der Waals surface area contributed by atoms with Crippen molar-refractivity contribution in [3.8, 4) is 17.4 Å². The van der Waals surface area contributed by atoms with Crippen molar-refractivity contribution in [3.05, 3.63) is 54.0 Å². The molecule has 0 fully saturated rings. The molecule has 0 aliphatic carbocycles. The number of esters is 1. The highest BCUT2D eigenvalue weighted by Gasteiger charge is 2.27. The SMILES string of the molecule is COC(=O)CCCCOc1cc(F)nc(N2CCc3nc(-c4ncccn4)ncc3C2C)c1. The zero-order chi connectivity index (χ0) is 23.2. The van der Waals surface area contributed by atoms with Gasteiger partial charge in [0, 0.05) is 55.7 Å². The van der Waals surface area contributed by atoms with Crippen molar-refractivity contribution >= 4 is 11.8 Å². The Labute approximate surface area is 191 Å². The molecule has 0 radical (unpaired) electrons. The van der Waals surface area contributed by atoms with E-state index in [1.807, 2.05) is 11.8 Å². The van der Waals surface area contributed by atoms with Gasteiger partial charge in [0.05, 0.1) is 25.5 Å². The van der Waals surface area contributed by atoms with Crippen LogP contribution < -0.4 is 9.64 Å². The summed E-state index contributed by atoms with van der Waals surface area (Å²) in [5, 5.41) is 0. The third kappa shape index (κ3) is 5.39. The molecular formula is C23H25FN6O3. The third-order valence-corrected chi connectivity index (χ3v) is 5.49. The number of fused-ring (bicyclic) bond motifs is 1. The fraction of sp³-hybridized carbons (Fsp3) is 0.391. The Morgan fingerprint density at radius 3 is 2.76 bits per heavy atom. The van der Waals surface area contributed by atoms with Gasteiger partial charge in [-0.25, -0.2) is 24.9 Å². The minimum Gasteiger partial charge on any atom is -0.493 e. The topological polar surface area (TPSA) is 103 Å². The lowest BCUT2D eigenvalue weighted by atomic mass is 9.99. The van der Waals surface area contributed by atoms with Crippen LogP contribution in [0.3, 0.4) is 0 Å². The molecule has 0 amide bonds. The van der Waals surface area contributed by atoms with E-state index in [4.69, 9.17) is 4.74 Å². The number of anilines is 1. The third-order valence-electron chi connectivity index (χ3n) is 5.49. The van der Waals surface area contributed by atoms with Gasteiger partial charge in [-0.05, 0) is 25.8 Å². The summed E-state index contributed by atoms with van der Waals surface area (Å²) in [4.78, 5) is 34.8. The van der Waals surface area contributed by atoms with Crippen LogP contribution in [0.15, 0.2) is 36.8 Å². The lowest BCUT2D eigenvalue weighted by molar-refractivity contribution is -0.140. The van der Waals surface area contributed by atoms with Crippen molar-refractivity contribution in [3.63, 3.8) is 0 Å². The predicted molar refractivity (Wildman–Crippen MR) is 118 cm³/mol. The molecule has 1 unspecified atom stereocenters. The van der Waals surface area contributed by atoms with Gasteiger partial charge in [0.2, 0.25) is 5.95 Å². The quantitative estimate of drug-likeness (QED) is 0.289. The number of carbonyl (C=O) groups is 1. The van der Waals surface area contributed by atoms with Crippen LogP contribution >= 0.6 is 0 Å². The molecule has 4 heterocycles. The van der Waals surface area contributed by atoms with Crippen molar-refractivity contribution in [2.24, 2.45) is 0 Å². The highest BCUT2D eigenvalue weighted by atomic mass is 19.1. The highest BCUT2D eigenvalue weighted by molar-refractivity contribution is 5.68. The molecule has 0 N–H and O–H groups in total. The molecule has 4 rings (SSSR count). The van der Waals surface area contributed by atoms with E-state index in [1.54, 1.807) is 30.7 Å². The van der Waals surface area contributed by atoms with Gasteiger partial charge in [-0.2, -0.15) is 4.39 Å². The number of ether oxygens (including phenoxy) is 2. The molecule has 3 aromatic rings. The van der Waals surface area contributed by atoms with Gasteiger partial charge in [-0.1, -0.05) is 0 Å². The molecule has 0 saturated heterocycles. The fourth-order valence-electron chi connectivity index (χ4n) is 3.75. The molecule has 33 heavy (non-hydrogen) atoms. The number of carbonyl (C=O) groups excluding carboxylic acids is 1. The first-order chi connectivity index (χ1) is 16.0. The van der Waals surface area contributed by atoms with Crippen LogP contribution in [0.25, 0.3) is 11.6 Å². The van der Waals surface area contributed by atoms with Crippen molar-refractivity contribution in [2.45, 2.75) is 38.6 Å². The summed E-state index contributed by atoms with van der Waals surface area (Å²) in [5.41, 5.74) is 1.88. The van der Waals surface area contributed by atoms with Gasteiger partial charge in [-0.15, -0.1) is 0 Å². The Hall–Kier alpha value is -3.69. The van der Waals surface area contributed by atoms with Crippen LogP contribution in [-0.4, -0.2) is 51.2 Å². The minimum absolute atomic E-state index is 0.0957. The first kappa shape index (κ1) is 22.5. The maximum atomic E-state index is 14.3. The molecule has 3 aromatic heterocycles. The van der Waals surface area contributed by atoms with Gasteiger partial charge in [0.1, 0.15) is 11.6 Å². The van der Waals surface area contributed by atoms with E-state index in [-0.39, 0.29) is 12.0 Å². The minimum atomic E-state index is -0.608. The number of unbranched alkanes of at least 4 members (excludes halogenated alkanes) is 1. The average Bonchev–Trinajstić information content (AvgIpc) is 2.84. The molecule has 0 aromatic carbocycles. The van der Waals surface area contributed by atoms with E-state index in [2.05, 4.69) is 29.7 Å². The predicted octanol–water partition coefficient (Wildman–Crippen LogP) is 3.31. The van der Waals surface area contributed by atoms with E-state index in [0.717, 1.165) is 11.3 Å².